The van der Waals surface area contributed by atoms with Gasteiger partial charge in [-0.3, -0.25) is 4.68 Å². The quantitative estimate of drug-likeness (QED) is 0.809. The van der Waals surface area contributed by atoms with E-state index in [-0.39, 0.29) is 0 Å². The molecule has 0 saturated carbocycles. The maximum absolute atomic E-state index is 5.56. The zero-order valence-corrected chi connectivity index (χ0v) is 8.90. The highest BCUT2D eigenvalue weighted by Gasteiger charge is 2.11. The third kappa shape index (κ3) is 1.78. The Morgan fingerprint density at radius 2 is 2.27 bits per heavy atom. The van der Waals surface area contributed by atoms with E-state index < -0.39 is 0 Å². The fourth-order valence-corrected chi connectivity index (χ4v) is 1.41. The number of rotatable bonds is 3. The van der Waals surface area contributed by atoms with Crippen molar-refractivity contribution in [1.29, 1.82) is 0 Å². The summed E-state index contributed by atoms with van der Waals surface area (Å²) in [6.45, 7) is 2.54. The van der Waals surface area contributed by atoms with E-state index in [0.29, 0.717) is 18.9 Å². The molecule has 0 atom stereocenters. The molecule has 2 N–H and O–H groups in total. The third-order valence-electron chi connectivity index (χ3n) is 2.41. The number of oxazole rings is 1. The average Bonchev–Trinajstić information content (AvgIpc) is 2.77. The second-order valence-electron chi connectivity index (χ2n) is 3.42. The van der Waals surface area contributed by atoms with Crippen molar-refractivity contribution in [3.05, 3.63) is 24.0 Å². The minimum absolute atomic E-state index is 0.548. The first kappa shape index (κ1) is 9.92. The van der Waals surface area contributed by atoms with Gasteiger partial charge in [-0.1, -0.05) is 0 Å². The SMILES string of the molecule is Cc1c(-c2cnc(CCN)o2)cnn1C. The maximum atomic E-state index is 5.56. The van der Waals surface area contributed by atoms with E-state index in [1.807, 2.05) is 14.0 Å². The lowest BCUT2D eigenvalue weighted by Gasteiger charge is -1.95. The minimum atomic E-state index is 0.548. The fourth-order valence-electron chi connectivity index (χ4n) is 1.41. The first-order chi connectivity index (χ1) is 7.22. The molecule has 0 aromatic carbocycles. The molecule has 2 rings (SSSR count). The van der Waals surface area contributed by atoms with Gasteiger partial charge in [0.2, 0.25) is 0 Å². The van der Waals surface area contributed by atoms with Gasteiger partial charge in [-0.2, -0.15) is 5.10 Å². The van der Waals surface area contributed by atoms with Crippen molar-refractivity contribution in [3.63, 3.8) is 0 Å². The summed E-state index contributed by atoms with van der Waals surface area (Å²) in [6.07, 6.45) is 4.16. The molecular weight excluding hydrogens is 192 g/mol. The normalized spacial score (nSPS) is 10.9. The summed E-state index contributed by atoms with van der Waals surface area (Å²) < 4.78 is 7.37. The number of nitrogens with two attached hydrogens (primary N) is 1. The monoisotopic (exact) mass is 206 g/mol. The Morgan fingerprint density at radius 1 is 1.47 bits per heavy atom. The van der Waals surface area contributed by atoms with Crippen LogP contribution >= 0.6 is 0 Å². The molecule has 0 unspecified atom stereocenters. The lowest BCUT2D eigenvalue weighted by Crippen LogP contribution is -2.02. The number of aryl methyl sites for hydroxylation is 1. The van der Waals surface area contributed by atoms with E-state index in [9.17, 15) is 0 Å². The first-order valence-electron chi connectivity index (χ1n) is 4.86. The van der Waals surface area contributed by atoms with Crippen LogP contribution in [0, 0.1) is 6.92 Å². The Kier molecular flexibility index (Phi) is 2.55. The molecule has 80 valence electrons. The second-order valence-corrected chi connectivity index (χ2v) is 3.42. The summed E-state index contributed by atoms with van der Waals surface area (Å²) in [5.41, 5.74) is 7.47. The molecule has 0 aliphatic heterocycles. The molecule has 2 aromatic heterocycles. The Bertz CT molecular complexity index is 458. The summed E-state index contributed by atoms with van der Waals surface area (Å²) in [7, 11) is 1.90. The lowest BCUT2D eigenvalue weighted by atomic mass is 10.2. The molecule has 0 saturated heterocycles. The summed E-state index contributed by atoms with van der Waals surface area (Å²) in [4.78, 5) is 4.15. The Morgan fingerprint density at radius 3 is 2.87 bits per heavy atom. The number of nitrogens with zero attached hydrogens (tertiary/aromatic N) is 3. The lowest BCUT2D eigenvalue weighted by molar-refractivity contribution is 0.507. The van der Waals surface area contributed by atoms with E-state index in [2.05, 4.69) is 10.1 Å². The zero-order chi connectivity index (χ0) is 10.8. The predicted molar refractivity (Wildman–Crippen MR) is 56.2 cm³/mol. The average molecular weight is 206 g/mol. The van der Waals surface area contributed by atoms with Gasteiger partial charge in [0.15, 0.2) is 11.7 Å². The highest BCUT2D eigenvalue weighted by Crippen LogP contribution is 2.23. The van der Waals surface area contributed by atoms with Crippen LogP contribution in [0.2, 0.25) is 0 Å². The standard InChI is InChI=1S/C10H14N4O/c1-7-8(5-13-14(7)2)9-6-12-10(15-9)3-4-11/h5-6H,3-4,11H2,1-2H3. The molecule has 0 bridgehead atoms. The van der Waals surface area contributed by atoms with E-state index in [1.165, 1.54) is 0 Å². The van der Waals surface area contributed by atoms with Crippen LogP contribution in [0.4, 0.5) is 0 Å². The molecule has 0 spiro atoms. The smallest absolute Gasteiger partial charge is 0.196 e. The molecule has 0 aliphatic rings. The van der Waals surface area contributed by atoms with Crippen molar-refractivity contribution in [3.8, 4) is 11.3 Å². The number of aromatic nitrogens is 3. The van der Waals surface area contributed by atoms with Crippen LogP contribution in [0.3, 0.4) is 0 Å². The number of hydrogen-bond acceptors (Lipinski definition) is 4. The van der Waals surface area contributed by atoms with Gasteiger partial charge in [0.1, 0.15) is 0 Å². The van der Waals surface area contributed by atoms with Crippen molar-refractivity contribution in [2.75, 3.05) is 6.54 Å². The van der Waals surface area contributed by atoms with Crippen LogP contribution in [0.1, 0.15) is 11.6 Å². The Hall–Kier alpha value is -1.62. The van der Waals surface area contributed by atoms with Crippen LogP contribution in [-0.2, 0) is 13.5 Å². The van der Waals surface area contributed by atoms with Crippen LogP contribution < -0.4 is 5.73 Å². The highest BCUT2D eigenvalue weighted by molar-refractivity contribution is 5.58. The molecule has 0 aliphatic carbocycles. The van der Waals surface area contributed by atoms with Crippen molar-refractivity contribution in [2.45, 2.75) is 13.3 Å². The van der Waals surface area contributed by atoms with Gasteiger partial charge in [0.25, 0.3) is 0 Å². The molecule has 2 heterocycles. The molecular formula is C10H14N4O. The van der Waals surface area contributed by atoms with Gasteiger partial charge in [-0.25, -0.2) is 4.98 Å². The van der Waals surface area contributed by atoms with Crippen molar-refractivity contribution >= 4 is 0 Å². The van der Waals surface area contributed by atoms with E-state index in [1.54, 1.807) is 17.1 Å². The third-order valence-corrected chi connectivity index (χ3v) is 2.41. The highest BCUT2D eigenvalue weighted by atomic mass is 16.4. The van der Waals surface area contributed by atoms with Crippen LogP contribution in [0.25, 0.3) is 11.3 Å². The van der Waals surface area contributed by atoms with E-state index >= 15 is 0 Å². The summed E-state index contributed by atoms with van der Waals surface area (Å²) >= 11 is 0. The molecule has 2 aromatic rings. The van der Waals surface area contributed by atoms with Crippen molar-refractivity contribution in [1.82, 2.24) is 14.8 Å². The molecule has 0 fully saturated rings. The first-order valence-corrected chi connectivity index (χ1v) is 4.86. The maximum Gasteiger partial charge on any atom is 0.196 e. The van der Waals surface area contributed by atoms with Crippen molar-refractivity contribution in [2.24, 2.45) is 12.8 Å². The van der Waals surface area contributed by atoms with Gasteiger partial charge in [-0.05, 0) is 6.92 Å². The minimum Gasteiger partial charge on any atom is -0.441 e. The molecule has 0 amide bonds. The van der Waals surface area contributed by atoms with Crippen LogP contribution in [-0.4, -0.2) is 21.3 Å². The summed E-state index contributed by atoms with van der Waals surface area (Å²) in [5, 5.41) is 4.15. The van der Waals surface area contributed by atoms with Crippen molar-refractivity contribution < 1.29 is 4.42 Å². The number of hydrogen-bond donors (Lipinski definition) is 1. The molecule has 5 nitrogen and oxygen atoms in total. The molecule has 5 heteroatoms. The molecule has 0 radical (unpaired) electrons. The predicted octanol–water partition coefficient (Wildman–Crippen LogP) is 0.885. The zero-order valence-electron chi connectivity index (χ0n) is 8.90. The largest absolute Gasteiger partial charge is 0.441 e. The van der Waals surface area contributed by atoms with Crippen LogP contribution in [0.5, 0.6) is 0 Å². The second kappa shape index (κ2) is 3.86. The molecule has 15 heavy (non-hydrogen) atoms. The van der Waals surface area contributed by atoms with Gasteiger partial charge in [0, 0.05) is 25.7 Å². The van der Waals surface area contributed by atoms with Gasteiger partial charge < -0.3 is 10.2 Å². The summed E-state index contributed by atoms with van der Waals surface area (Å²) in [6, 6.07) is 0. The van der Waals surface area contributed by atoms with Gasteiger partial charge >= 0.3 is 0 Å². The fraction of sp³-hybridized carbons (Fsp3) is 0.400. The van der Waals surface area contributed by atoms with E-state index in [0.717, 1.165) is 17.0 Å². The van der Waals surface area contributed by atoms with Crippen LogP contribution in [0.15, 0.2) is 16.8 Å². The van der Waals surface area contributed by atoms with E-state index in [4.69, 9.17) is 10.2 Å². The van der Waals surface area contributed by atoms with Gasteiger partial charge in [-0.15, -0.1) is 0 Å². The van der Waals surface area contributed by atoms with Gasteiger partial charge in [0.05, 0.1) is 18.0 Å². The Balaban J connectivity index is 2.33. The topological polar surface area (TPSA) is 69.9 Å². The summed E-state index contributed by atoms with van der Waals surface area (Å²) in [5.74, 6) is 1.43. The Labute approximate surface area is 87.9 Å².